The number of nitrogens with one attached hydrogen (secondary N) is 3. The molecule has 0 spiro atoms. The van der Waals surface area contributed by atoms with Crippen molar-refractivity contribution in [3.8, 4) is 0 Å². The van der Waals surface area contributed by atoms with Crippen LogP contribution >= 0.6 is 0 Å². The molecule has 1 fully saturated rings. The third-order valence-electron chi connectivity index (χ3n) is 3.00. The minimum absolute atomic E-state index is 0.0185. The predicted molar refractivity (Wildman–Crippen MR) is 66.5 cm³/mol. The lowest BCUT2D eigenvalue weighted by Crippen LogP contribution is -2.42. The second kappa shape index (κ2) is 6.00. The molecule has 0 aromatic carbocycles. The van der Waals surface area contributed by atoms with E-state index in [0.717, 1.165) is 19.5 Å². The van der Waals surface area contributed by atoms with Crippen LogP contribution in [0.25, 0.3) is 0 Å². The molecule has 1 heterocycles. The highest BCUT2D eigenvalue weighted by molar-refractivity contribution is 5.83. The Morgan fingerprint density at radius 2 is 2.12 bits per heavy atom. The summed E-state index contributed by atoms with van der Waals surface area (Å²) in [5.74, 6) is 0.0230. The molecule has 5 nitrogen and oxygen atoms in total. The zero-order valence-electron chi connectivity index (χ0n) is 10.9. The van der Waals surface area contributed by atoms with Crippen LogP contribution in [-0.2, 0) is 9.59 Å². The molecule has 2 amide bonds. The van der Waals surface area contributed by atoms with Crippen molar-refractivity contribution in [2.45, 2.75) is 39.7 Å². The summed E-state index contributed by atoms with van der Waals surface area (Å²) in [6.07, 6.45) is 1.20. The Morgan fingerprint density at radius 3 is 2.65 bits per heavy atom. The van der Waals surface area contributed by atoms with Gasteiger partial charge in [-0.05, 0) is 33.7 Å². The van der Waals surface area contributed by atoms with Crippen molar-refractivity contribution in [2.75, 3.05) is 19.6 Å². The van der Waals surface area contributed by atoms with Crippen molar-refractivity contribution >= 4 is 11.8 Å². The number of hydrogen-bond donors (Lipinski definition) is 3. The fourth-order valence-electron chi connectivity index (χ4n) is 1.91. The Labute approximate surface area is 103 Å². The second-order valence-electron chi connectivity index (χ2n) is 5.22. The van der Waals surface area contributed by atoms with Crippen molar-refractivity contribution in [1.82, 2.24) is 16.0 Å². The first-order valence-corrected chi connectivity index (χ1v) is 6.22. The van der Waals surface area contributed by atoms with Crippen molar-refractivity contribution in [1.29, 1.82) is 0 Å². The van der Waals surface area contributed by atoms with Gasteiger partial charge in [0.25, 0.3) is 0 Å². The molecular weight excluding hydrogens is 218 g/mol. The van der Waals surface area contributed by atoms with E-state index in [9.17, 15) is 9.59 Å². The summed E-state index contributed by atoms with van der Waals surface area (Å²) >= 11 is 0. The van der Waals surface area contributed by atoms with Crippen LogP contribution < -0.4 is 16.0 Å². The summed E-state index contributed by atoms with van der Waals surface area (Å²) in [5.41, 5.74) is -0.311. The van der Waals surface area contributed by atoms with E-state index in [1.54, 1.807) is 0 Å². The Hall–Kier alpha value is -1.10. The number of rotatable bonds is 5. The van der Waals surface area contributed by atoms with E-state index >= 15 is 0 Å². The molecular formula is C12H23N3O2. The molecule has 3 N–H and O–H groups in total. The average molecular weight is 241 g/mol. The van der Waals surface area contributed by atoms with Gasteiger partial charge in [-0.3, -0.25) is 9.59 Å². The fraction of sp³-hybridized carbons (Fsp3) is 0.833. The highest BCUT2D eigenvalue weighted by atomic mass is 16.2. The standard InChI is InChI=1S/C12H23N3O2/c1-9(2)15-10(16)4-6-14-11(17)12(3)5-7-13-8-12/h9,13H,4-8H2,1-3H3,(H,14,17)(H,15,16). The normalized spacial score (nSPS) is 23.8. The SMILES string of the molecule is CC(C)NC(=O)CCNC(=O)C1(C)CCNC1. The maximum atomic E-state index is 11.9. The molecule has 0 saturated carbocycles. The Bertz CT molecular complexity index is 283. The van der Waals surface area contributed by atoms with Gasteiger partial charge in [0, 0.05) is 25.6 Å². The number of carbonyl (C=O) groups is 2. The maximum Gasteiger partial charge on any atom is 0.227 e. The zero-order chi connectivity index (χ0) is 12.9. The minimum Gasteiger partial charge on any atom is -0.355 e. The highest BCUT2D eigenvalue weighted by Crippen LogP contribution is 2.24. The van der Waals surface area contributed by atoms with Crippen molar-refractivity contribution in [2.24, 2.45) is 5.41 Å². The van der Waals surface area contributed by atoms with Gasteiger partial charge in [-0.2, -0.15) is 0 Å². The van der Waals surface area contributed by atoms with E-state index in [1.165, 1.54) is 0 Å². The molecule has 0 aromatic rings. The molecule has 0 radical (unpaired) electrons. The topological polar surface area (TPSA) is 70.2 Å². The van der Waals surface area contributed by atoms with Gasteiger partial charge in [-0.25, -0.2) is 0 Å². The molecule has 98 valence electrons. The Kier molecular flexibility index (Phi) is 4.93. The van der Waals surface area contributed by atoms with Crippen LogP contribution in [0.5, 0.6) is 0 Å². The van der Waals surface area contributed by atoms with E-state index in [2.05, 4.69) is 16.0 Å². The third-order valence-corrected chi connectivity index (χ3v) is 3.00. The maximum absolute atomic E-state index is 11.9. The van der Waals surface area contributed by atoms with Gasteiger partial charge in [0.15, 0.2) is 0 Å². The van der Waals surface area contributed by atoms with Gasteiger partial charge in [-0.1, -0.05) is 0 Å². The summed E-state index contributed by atoms with van der Waals surface area (Å²) in [6, 6.07) is 0.148. The third kappa shape index (κ3) is 4.34. The van der Waals surface area contributed by atoms with E-state index in [1.807, 2.05) is 20.8 Å². The number of carbonyl (C=O) groups excluding carboxylic acids is 2. The lowest BCUT2D eigenvalue weighted by molar-refractivity contribution is -0.129. The smallest absolute Gasteiger partial charge is 0.227 e. The van der Waals surface area contributed by atoms with Gasteiger partial charge in [0.1, 0.15) is 0 Å². The van der Waals surface area contributed by atoms with Crippen molar-refractivity contribution < 1.29 is 9.59 Å². The molecule has 0 bridgehead atoms. The van der Waals surface area contributed by atoms with Gasteiger partial charge < -0.3 is 16.0 Å². The molecule has 1 aliphatic rings. The van der Waals surface area contributed by atoms with Crippen LogP contribution in [0.2, 0.25) is 0 Å². The molecule has 5 heteroatoms. The van der Waals surface area contributed by atoms with Gasteiger partial charge in [0.2, 0.25) is 11.8 Å². The van der Waals surface area contributed by atoms with Crippen LogP contribution in [0.3, 0.4) is 0 Å². The molecule has 0 aromatic heterocycles. The average Bonchev–Trinajstić information content (AvgIpc) is 2.65. The molecule has 1 rings (SSSR count). The lowest BCUT2D eigenvalue weighted by atomic mass is 9.89. The quantitative estimate of drug-likeness (QED) is 0.635. The fourth-order valence-corrected chi connectivity index (χ4v) is 1.91. The van der Waals surface area contributed by atoms with Crippen LogP contribution in [0.1, 0.15) is 33.6 Å². The summed E-state index contributed by atoms with van der Waals surface area (Å²) in [5, 5.41) is 8.80. The summed E-state index contributed by atoms with van der Waals surface area (Å²) in [6.45, 7) is 7.81. The molecule has 1 unspecified atom stereocenters. The predicted octanol–water partition coefficient (Wildman–Crippen LogP) is 0.0169. The second-order valence-corrected chi connectivity index (χ2v) is 5.22. The first kappa shape index (κ1) is 14.0. The molecule has 0 aliphatic carbocycles. The van der Waals surface area contributed by atoms with Crippen LogP contribution in [-0.4, -0.2) is 37.5 Å². The highest BCUT2D eigenvalue weighted by Gasteiger charge is 2.35. The van der Waals surface area contributed by atoms with E-state index < -0.39 is 0 Å². The first-order valence-electron chi connectivity index (χ1n) is 6.22. The van der Waals surface area contributed by atoms with Gasteiger partial charge >= 0.3 is 0 Å². The van der Waals surface area contributed by atoms with Crippen LogP contribution in [0.4, 0.5) is 0 Å². The molecule has 1 saturated heterocycles. The lowest BCUT2D eigenvalue weighted by Gasteiger charge is -2.21. The van der Waals surface area contributed by atoms with Crippen molar-refractivity contribution in [3.05, 3.63) is 0 Å². The minimum atomic E-state index is -0.311. The van der Waals surface area contributed by atoms with Crippen LogP contribution in [0, 0.1) is 5.41 Å². The molecule has 1 aliphatic heterocycles. The first-order chi connectivity index (χ1) is 7.94. The zero-order valence-corrected chi connectivity index (χ0v) is 10.9. The van der Waals surface area contributed by atoms with Gasteiger partial charge in [0.05, 0.1) is 5.41 Å². The number of amides is 2. The molecule has 1 atom stereocenters. The monoisotopic (exact) mass is 241 g/mol. The summed E-state index contributed by atoms with van der Waals surface area (Å²) in [4.78, 5) is 23.2. The molecule has 17 heavy (non-hydrogen) atoms. The Balaban J connectivity index is 2.22. The van der Waals surface area contributed by atoms with Crippen molar-refractivity contribution in [3.63, 3.8) is 0 Å². The van der Waals surface area contributed by atoms with E-state index in [-0.39, 0.29) is 23.3 Å². The van der Waals surface area contributed by atoms with E-state index in [4.69, 9.17) is 0 Å². The summed E-state index contributed by atoms with van der Waals surface area (Å²) < 4.78 is 0. The van der Waals surface area contributed by atoms with Gasteiger partial charge in [-0.15, -0.1) is 0 Å². The van der Waals surface area contributed by atoms with Crippen LogP contribution in [0.15, 0.2) is 0 Å². The Morgan fingerprint density at radius 1 is 1.41 bits per heavy atom. The largest absolute Gasteiger partial charge is 0.355 e. The number of hydrogen-bond acceptors (Lipinski definition) is 3. The summed E-state index contributed by atoms with van der Waals surface area (Å²) in [7, 11) is 0. The van der Waals surface area contributed by atoms with E-state index in [0.29, 0.717) is 13.0 Å².